The number of morpholine rings is 1. The molecule has 1 saturated heterocycles. The number of ether oxygens (including phenoxy) is 1. The molecule has 0 aromatic rings. The average Bonchev–Trinajstić information content (AvgIpc) is 2.27. The maximum Gasteiger partial charge on any atom is 0.325 e. The predicted octanol–water partition coefficient (Wildman–Crippen LogP) is 0.820. The van der Waals surface area contributed by atoms with Crippen molar-refractivity contribution in [3.63, 3.8) is 0 Å². The van der Waals surface area contributed by atoms with Gasteiger partial charge in [-0.1, -0.05) is 19.6 Å². The lowest BCUT2D eigenvalue weighted by Gasteiger charge is -2.29. The standard InChI is InChI=1S/C11H22N2O4Si/c1-18(2,3)8-9(10(14)15)12-11(16)13-4-6-17-7-5-13/h9H,4-8H2,1-3H3,(H,12,16)(H,14,15)/t9-/m0/s1. The molecule has 0 spiro atoms. The van der Waals surface area contributed by atoms with Crippen molar-refractivity contribution in [1.29, 1.82) is 0 Å². The van der Waals surface area contributed by atoms with Crippen LogP contribution in [-0.4, -0.2) is 62.4 Å². The summed E-state index contributed by atoms with van der Waals surface area (Å²) >= 11 is 0. The lowest BCUT2D eigenvalue weighted by atomic mass is 10.3. The molecule has 0 aromatic heterocycles. The zero-order valence-corrected chi connectivity index (χ0v) is 12.2. The first-order chi connectivity index (χ1) is 8.29. The van der Waals surface area contributed by atoms with Gasteiger partial charge in [0, 0.05) is 21.2 Å². The molecule has 0 radical (unpaired) electrons. The van der Waals surface area contributed by atoms with Crippen molar-refractivity contribution in [2.24, 2.45) is 0 Å². The summed E-state index contributed by atoms with van der Waals surface area (Å²) in [5.74, 6) is -0.959. The first-order valence-corrected chi connectivity index (χ1v) is 9.86. The lowest BCUT2D eigenvalue weighted by Crippen LogP contribution is -2.52. The van der Waals surface area contributed by atoms with E-state index in [0.29, 0.717) is 32.3 Å². The molecule has 2 amide bonds. The molecule has 1 atom stereocenters. The molecule has 0 aromatic carbocycles. The summed E-state index contributed by atoms with van der Waals surface area (Å²) in [5.41, 5.74) is 0. The number of hydrogen-bond donors (Lipinski definition) is 2. The summed E-state index contributed by atoms with van der Waals surface area (Å²) in [5, 5.41) is 11.8. The van der Waals surface area contributed by atoms with Gasteiger partial charge < -0.3 is 20.1 Å². The molecule has 0 aliphatic carbocycles. The number of nitrogens with zero attached hydrogens (tertiary/aromatic N) is 1. The van der Waals surface area contributed by atoms with E-state index >= 15 is 0 Å². The minimum absolute atomic E-state index is 0.302. The molecule has 0 unspecified atom stereocenters. The van der Waals surface area contributed by atoms with E-state index < -0.39 is 20.1 Å². The van der Waals surface area contributed by atoms with Crippen molar-refractivity contribution in [2.45, 2.75) is 31.7 Å². The third-order valence-electron chi connectivity index (χ3n) is 2.71. The van der Waals surface area contributed by atoms with Crippen LogP contribution >= 0.6 is 0 Å². The molecule has 104 valence electrons. The third kappa shape index (κ3) is 5.05. The van der Waals surface area contributed by atoms with E-state index in [0.717, 1.165) is 0 Å². The van der Waals surface area contributed by atoms with E-state index in [4.69, 9.17) is 9.84 Å². The second-order valence-electron chi connectivity index (χ2n) is 5.70. The van der Waals surface area contributed by atoms with Crippen molar-refractivity contribution < 1.29 is 19.4 Å². The van der Waals surface area contributed by atoms with Crippen molar-refractivity contribution in [1.82, 2.24) is 10.2 Å². The first-order valence-electron chi connectivity index (χ1n) is 6.15. The Bertz CT molecular complexity index is 311. The molecule has 6 nitrogen and oxygen atoms in total. The van der Waals surface area contributed by atoms with E-state index in [2.05, 4.69) is 25.0 Å². The SMILES string of the molecule is C[Si](C)(C)C[C@H](NC(=O)N1CCOCC1)C(=O)O. The largest absolute Gasteiger partial charge is 0.480 e. The summed E-state index contributed by atoms with van der Waals surface area (Å²) in [7, 11) is -1.54. The molecular weight excluding hydrogens is 252 g/mol. The summed E-state index contributed by atoms with van der Waals surface area (Å²) in [4.78, 5) is 24.7. The number of urea groups is 1. The summed E-state index contributed by atoms with van der Waals surface area (Å²) < 4.78 is 5.15. The Kier molecular flexibility index (Phi) is 5.15. The van der Waals surface area contributed by atoms with Crippen LogP contribution in [0.2, 0.25) is 25.7 Å². The summed E-state index contributed by atoms with van der Waals surface area (Å²) in [6.07, 6.45) is 0. The Labute approximate surface area is 108 Å². The van der Waals surface area contributed by atoms with Crippen molar-refractivity contribution >= 4 is 20.1 Å². The van der Waals surface area contributed by atoms with E-state index in [-0.39, 0.29) is 6.03 Å². The molecule has 7 heteroatoms. The number of rotatable bonds is 4. The van der Waals surface area contributed by atoms with Gasteiger partial charge in [0.1, 0.15) is 6.04 Å². The number of hydrogen-bond acceptors (Lipinski definition) is 3. The van der Waals surface area contributed by atoms with E-state index in [1.165, 1.54) is 0 Å². The number of nitrogens with one attached hydrogen (secondary N) is 1. The van der Waals surface area contributed by atoms with E-state index in [1.54, 1.807) is 4.90 Å². The number of carboxylic acid groups (broad SMARTS) is 1. The molecular formula is C11H22N2O4Si. The monoisotopic (exact) mass is 274 g/mol. The highest BCUT2D eigenvalue weighted by Crippen LogP contribution is 2.12. The zero-order valence-electron chi connectivity index (χ0n) is 11.2. The molecule has 0 saturated carbocycles. The Morgan fingerprint density at radius 1 is 1.33 bits per heavy atom. The van der Waals surface area contributed by atoms with Gasteiger partial charge in [-0.15, -0.1) is 0 Å². The van der Waals surface area contributed by atoms with E-state index in [1.807, 2.05) is 0 Å². The van der Waals surface area contributed by atoms with Crippen LogP contribution in [0.1, 0.15) is 0 Å². The summed E-state index contributed by atoms with van der Waals surface area (Å²) in [6, 6.07) is -0.547. The second kappa shape index (κ2) is 6.19. The van der Waals surface area contributed by atoms with Crippen molar-refractivity contribution in [3.8, 4) is 0 Å². The van der Waals surface area contributed by atoms with Gasteiger partial charge in [-0.05, 0) is 6.04 Å². The van der Waals surface area contributed by atoms with Crippen LogP contribution in [0.3, 0.4) is 0 Å². The minimum atomic E-state index is -1.54. The van der Waals surface area contributed by atoms with Crippen LogP contribution in [0.5, 0.6) is 0 Å². The smallest absolute Gasteiger partial charge is 0.325 e. The molecule has 1 aliphatic rings. The molecule has 1 heterocycles. The maximum atomic E-state index is 11.9. The minimum Gasteiger partial charge on any atom is -0.480 e. The number of carbonyl (C=O) groups excluding carboxylic acids is 1. The quantitative estimate of drug-likeness (QED) is 0.744. The van der Waals surface area contributed by atoms with Gasteiger partial charge >= 0.3 is 12.0 Å². The van der Waals surface area contributed by atoms with Gasteiger partial charge in [-0.3, -0.25) is 4.79 Å². The van der Waals surface area contributed by atoms with Gasteiger partial charge in [0.05, 0.1) is 13.2 Å². The highest BCUT2D eigenvalue weighted by atomic mass is 28.3. The van der Waals surface area contributed by atoms with Crippen LogP contribution in [-0.2, 0) is 9.53 Å². The van der Waals surface area contributed by atoms with Crippen LogP contribution < -0.4 is 5.32 Å². The van der Waals surface area contributed by atoms with Crippen LogP contribution in [0.15, 0.2) is 0 Å². The topological polar surface area (TPSA) is 78.9 Å². The van der Waals surface area contributed by atoms with E-state index in [9.17, 15) is 9.59 Å². The van der Waals surface area contributed by atoms with Gasteiger partial charge in [0.25, 0.3) is 0 Å². The van der Waals surface area contributed by atoms with Crippen LogP contribution in [0.4, 0.5) is 4.79 Å². The maximum absolute atomic E-state index is 11.9. The number of aliphatic carboxylic acids is 1. The molecule has 1 fully saturated rings. The van der Waals surface area contributed by atoms with Crippen LogP contribution in [0.25, 0.3) is 0 Å². The molecule has 18 heavy (non-hydrogen) atoms. The number of carboxylic acids is 1. The average molecular weight is 274 g/mol. The molecule has 1 rings (SSSR count). The van der Waals surface area contributed by atoms with Crippen molar-refractivity contribution in [3.05, 3.63) is 0 Å². The zero-order chi connectivity index (χ0) is 13.8. The first kappa shape index (κ1) is 15.0. The van der Waals surface area contributed by atoms with Gasteiger partial charge in [-0.2, -0.15) is 0 Å². The predicted molar refractivity (Wildman–Crippen MR) is 70.5 cm³/mol. The Morgan fingerprint density at radius 2 is 1.89 bits per heavy atom. The van der Waals surface area contributed by atoms with Gasteiger partial charge in [0.2, 0.25) is 0 Å². The lowest BCUT2D eigenvalue weighted by molar-refractivity contribution is -0.138. The fourth-order valence-electron chi connectivity index (χ4n) is 1.82. The highest BCUT2D eigenvalue weighted by Gasteiger charge is 2.29. The Balaban J connectivity index is 2.54. The van der Waals surface area contributed by atoms with Crippen LogP contribution in [0, 0.1) is 0 Å². The Hall–Kier alpha value is -1.08. The Morgan fingerprint density at radius 3 is 2.33 bits per heavy atom. The second-order valence-corrected chi connectivity index (χ2v) is 11.2. The highest BCUT2D eigenvalue weighted by molar-refractivity contribution is 6.76. The third-order valence-corrected chi connectivity index (χ3v) is 4.34. The van der Waals surface area contributed by atoms with Gasteiger partial charge in [-0.25, -0.2) is 4.79 Å². The number of carbonyl (C=O) groups is 2. The van der Waals surface area contributed by atoms with Gasteiger partial charge in [0.15, 0.2) is 0 Å². The summed E-state index contributed by atoms with van der Waals surface area (Å²) in [6.45, 7) is 8.33. The molecule has 2 N–H and O–H groups in total. The number of amides is 2. The van der Waals surface area contributed by atoms with Crippen molar-refractivity contribution in [2.75, 3.05) is 26.3 Å². The molecule has 1 aliphatic heterocycles. The fraction of sp³-hybridized carbons (Fsp3) is 0.818. The normalized spacial score (nSPS) is 18.3. The molecule has 0 bridgehead atoms. The fourth-order valence-corrected chi connectivity index (χ4v) is 3.32.